The van der Waals surface area contributed by atoms with E-state index in [2.05, 4.69) is 15.4 Å². The number of hydrazone groups is 1. The number of benzene rings is 2. The van der Waals surface area contributed by atoms with E-state index in [1.54, 1.807) is 12.3 Å². The maximum absolute atomic E-state index is 12.1. The van der Waals surface area contributed by atoms with Gasteiger partial charge in [0.2, 0.25) is 0 Å². The molecule has 1 N–H and O–H groups in total. The second-order valence-corrected chi connectivity index (χ2v) is 5.64. The molecular formula is C20H21N3O2. The molecule has 1 amide bonds. The summed E-state index contributed by atoms with van der Waals surface area (Å²) < 4.78 is 5.35. The van der Waals surface area contributed by atoms with E-state index in [1.807, 2.05) is 60.7 Å². The van der Waals surface area contributed by atoms with Crippen molar-refractivity contribution in [1.82, 2.24) is 5.43 Å². The highest BCUT2D eigenvalue weighted by atomic mass is 16.5. The molecule has 1 aliphatic rings. The van der Waals surface area contributed by atoms with Gasteiger partial charge in [0, 0.05) is 30.6 Å². The number of ether oxygens (including phenoxy) is 1. The third kappa shape index (κ3) is 5.02. The van der Waals surface area contributed by atoms with Gasteiger partial charge in [-0.1, -0.05) is 36.4 Å². The summed E-state index contributed by atoms with van der Waals surface area (Å²) in [7, 11) is 0. The Hall–Kier alpha value is -2.92. The van der Waals surface area contributed by atoms with Gasteiger partial charge in [-0.3, -0.25) is 4.79 Å². The van der Waals surface area contributed by atoms with Crippen LogP contribution in [0.4, 0.5) is 5.69 Å². The summed E-state index contributed by atoms with van der Waals surface area (Å²) in [4.78, 5) is 14.3. The number of nitrogens with one attached hydrogen (secondary N) is 1. The molecule has 0 bridgehead atoms. The van der Waals surface area contributed by atoms with Crippen LogP contribution in [-0.4, -0.2) is 38.4 Å². The van der Waals surface area contributed by atoms with E-state index in [1.165, 1.54) is 0 Å². The molecule has 3 rings (SSSR count). The summed E-state index contributed by atoms with van der Waals surface area (Å²) >= 11 is 0. The van der Waals surface area contributed by atoms with Crippen LogP contribution in [0.25, 0.3) is 6.08 Å². The minimum Gasteiger partial charge on any atom is -0.378 e. The fourth-order valence-corrected chi connectivity index (χ4v) is 2.57. The van der Waals surface area contributed by atoms with Crippen LogP contribution in [0, 0.1) is 0 Å². The van der Waals surface area contributed by atoms with Crippen LogP contribution in [0.3, 0.4) is 0 Å². The van der Waals surface area contributed by atoms with Crippen LogP contribution in [-0.2, 0) is 4.74 Å². The first-order chi connectivity index (χ1) is 12.3. The lowest BCUT2D eigenvalue weighted by Gasteiger charge is -2.28. The number of carbonyl (C=O) groups is 1. The Bertz CT molecular complexity index is 733. The second-order valence-electron chi connectivity index (χ2n) is 5.64. The Morgan fingerprint density at radius 2 is 1.76 bits per heavy atom. The number of nitrogens with zero attached hydrogens (tertiary/aromatic N) is 2. The van der Waals surface area contributed by atoms with Crippen molar-refractivity contribution in [2.24, 2.45) is 5.10 Å². The summed E-state index contributed by atoms with van der Waals surface area (Å²) in [5.74, 6) is -0.224. The minimum absolute atomic E-state index is 0.224. The quantitative estimate of drug-likeness (QED) is 0.675. The van der Waals surface area contributed by atoms with Crippen molar-refractivity contribution < 1.29 is 9.53 Å². The first-order valence-electron chi connectivity index (χ1n) is 8.31. The number of hydrogen-bond donors (Lipinski definition) is 1. The maximum Gasteiger partial charge on any atom is 0.271 e. The van der Waals surface area contributed by atoms with Crippen molar-refractivity contribution in [2.75, 3.05) is 31.2 Å². The predicted molar refractivity (Wildman–Crippen MR) is 101 cm³/mol. The van der Waals surface area contributed by atoms with E-state index >= 15 is 0 Å². The summed E-state index contributed by atoms with van der Waals surface area (Å²) in [6.07, 6.45) is 5.27. The van der Waals surface area contributed by atoms with Gasteiger partial charge in [-0.15, -0.1) is 0 Å². The molecule has 0 spiro atoms. The number of amides is 1. The molecule has 0 atom stereocenters. The molecule has 5 nitrogen and oxygen atoms in total. The normalized spacial score (nSPS) is 15.0. The van der Waals surface area contributed by atoms with Gasteiger partial charge in [0.05, 0.1) is 13.2 Å². The van der Waals surface area contributed by atoms with Gasteiger partial charge in [0.1, 0.15) is 0 Å². The highest BCUT2D eigenvalue weighted by molar-refractivity contribution is 5.95. The topological polar surface area (TPSA) is 53.9 Å². The summed E-state index contributed by atoms with van der Waals surface area (Å²) in [5.41, 5.74) is 5.30. The molecule has 2 aromatic rings. The molecule has 0 aliphatic carbocycles. The van der Waals surface area contributed by atoms with Crippen molar-refractivity contribution in [1.29, 1.82) is 0 Å². The average molecular weight is 335 g/mol. The molecule has 1 saturated heterocycles. The van der Waals surface area contributed by atoms with Gasteiger partial charge in [-0.2, -0.15) is 5.10 Å². The third-order valence-corrected chi connectivity index (χ3v) is 3.92. The van der Waals surface area contributed by atoms with Crippen molar-refractivity contribution in [2.45, 2.75) is 0 Å². The standard InChI is InChI=1S/C20H21N3O2/c24-20(22-21-12-4-7-17-5-2-1-3-6-17)18-8-10-19(11-9-18)23-13-15-25-16-14-23/h1-12H,13-16H2,(H,22,24)/b7-4+,21-12+. The van der Waals surface area contributed by atoms with Crippen molar-refractivity contribution >= 4 is 23.9 Å². The molecule has 1 aliphatic heterocycles. The van der Waals surface area contributed by atoms with Crippen molar-refractivity contribution in [3.05, 3.63) is 71.8 Å². The Labute approximate surface area is 147 Å². The second kappa shape index (κ2) is 8.80. The molecule has 5 heteroatoms. The number of carbonyl (C=O) groups excluding carboxylic acids is 1. The van der Waals surface area contributed by atoms with Crippen LogP contribution in [0.15, 0.2) is 65.8 Å². The lowest BCUT2D eigenvalue weighted by atomic mass is 10.2. The van der Waals surface area contributed by atoms with Crippen molar-refractivity contribution in [3.8, 4) is 0 Å². The fraction of sp³-hybridized carbons (Fsp3) is 0.200. The van der Waals surface area contributed by atoms with Gasteiger partial charge in [0.25, 0.3) is 5.91 Å². The summed E-state index contributed by atoms with van der Waals surface area (Å²) in [6.45, 7) is 3.24. The lowest BCUT2D eigenvalue weighted by molar-refractivity contribution is 0.0955. The third-order valence-electron chi connectivity index (χ3n) is 3.92. The largest absolute Gasteiger partial charge is 0.378 e. The monoisotopic (exact) mass is 335 g/mol. The molecule has 0 saturated carbocycles. The molecular weight excluding hydrogens is 314 g/mol. The molecule has 0 aromatic heterocycles. The zero-order valence-electron chi connectivity index (χ0n) is 14.0. The molecule has 128 valence electrons. The number of rotatable bonds is 5. The number of anilines is 1. The first kappa shape index (κ1) is 16.9. The molecule has 0 radical (unpaired) electrons. The Morgan fingerprint density at radius 3 is 2.48 bits per heavy atom. The molecule has 0 unspecified atom stereocenters. The van der Waals surface area contributed by atoms with Gasteiger partial charge in [-0.05, 0) is 35.9 Å². The lowest BCUT2D eigenvalue weighted by Crippen LogP contribution is -2.36. The van der Waals surface area contributed by atoms with E-state index in [4.69, 9.17) is 4.74 Å². The Morgan fingerprint density at radius 1 is 1.04 bits per heavy atom. The number of hydrogen-bond acceptors (Lipinski definition) is 4. The SMILES string of the molecule is O=C(N/N=C/C=C/c1ccccc1)c1ccc(N2CCOCC2)cc1. The smallest absolute Gasteiger partial charge is 0.271 e. The maximum atomic E-state index is 12.1. The van der Waals surface area contributed by atoms with E-state index in [-0.39, 0.29) is 5.91 Å². The van der Waals surface area contributed by atoms with Gasteiger partial charge in [0.15, 0.2) is 0 Å². The highest BCUT2D eigenvalue weighted by Crippen LogP contribution is 2.16. The van der Waals surface area contributed by atoms with E-state index < -0.39 is 0 Å². The Kier molecular flexibility index (Phi) is 5.96. The van der Waals surface area contributed by atoms with E-state index in [9.17, 15) is 4.79 Å². The molecule has 1 fully saturated rings. The van der Waals surface area contributed by atoms with Gasteiger partial charge >= 0.3 is 0 Å². The van der Waals surface area contributed by atoms with Gasteiger partial charge < -0.3 is 9.64 Å². The van der Waals surface area contributed by atoms with Gasteiger partial charge in [-0.25, -0.2) is 5.43 Å². The van der Waals surface area contributed by atoms with Crippen LogP contribution in [0.2, 0.25) is 0 Å². The zero-order chi connectivity index (χ0) is 17.3. The van der Waals surface area contributed by atoms with Crippen LogP contribution in [0.1, 0.15) is 15.9 Å². The number of morpholine rings is 1. The summed E-state index contributed by atoms with van der Waals surface area (Å²) in [5, 5.41) is 3.94. The molecule has 1 heterocycles. The van der Waals surface area contributed by atoms with Crippen LogP contribution < -0.4 is 10.3 Å². The fourth-order valence-electron chi connectivity index (χ4n) is 2.57. The zero-order valence-corrected chi connectivity index (χ0v) is 14.0. The molecule has 25 heavy (non-hydrogen) atoms. The average Bonchev–Trinajstić information content (AvgIpc) is 2.69. The summed E-state index contributed by atoms with van der Waals surface area (Å²) in [6, 6.07) is 17.5. The first-order valence-corrected chi connectivity index (χ1v) is 8.31. The Balaban J connectivity index is 1.51. The minimum atomic E-state index is -0.224. The van der Waals surface area contributed by atoms with Crippen LogP contribution in [0.5, 0.6) is 0 Å². The van der Waals surface area contributed by atoms with Crippen LogP contribution >= 0.6 is 0 Å². The van der Waals surface area contributed by atoms with Crippen molar-refractivity contribution in [3.63, 3.8) is 0 Å². The number of allylic oxidation sites excluding steroid dienone is 1. The van der Waals surface area contributed by atoms with E-state index in [0.29, 0.717) is 5.56 Å². The predicted octanol–water partition coefficient (Wildman–Crippen LogP) is 2.95. The molecule has 2 aromatic carbocycles. The highest BCUT2D eigenvalue weighted by Gasteiger charge is 2.11. The van der Waals surface area contributed by atoms with E-state index in [0.717, 1.165) is 37.6 Å².